The number of hydrogen-bond acceptors (Lipinski definition) is 3. The summed E-state index contributed by atoms with van der Waals surface area (Å²) >= 11 is 3.48. The van der Waals surface area contributed by atoms with Crippen molar-refractivity contribution in [3.63, 3.8) is 0 Å². The van der Waals surface area contributed by atoms with Gasteiger partial charge in [-0.1, -0.05) is 34.1 Å². The van der Waals surface area contributed by atoms with Gasteiger partial charge in [-0.05, 0) is 37.8 Å². The van der Waals surface area contributed by atoms with Gasteiger partial charge in [0, 0.05) is 11.1 Å². The molecule has 106 valence electrons. The Kier molecular flexibility index (Phi) is 5.03. The molecule has 0 radical (unpaired) electrons. The maximum Gasteiger partial charge on any atom is 0.155 e. The van der Waals surface area contributed by atoms with E-state index in [0.717, 1.165) is 16.5 Å². The molecular formula is C14H19BrO3S. The summed E-state index contributed by atoms with van der Waals surface area (Å²) in [7, 11) is -3.03. The summed E-state index contributed by atoms with van der Waals surface area (Å²) in [5.74, 6) is 0.243. The number of aryl methyl sites for hydroxylation is 1. The van der Waals surface area contributed by atoms with Crippen LogP contribution in [0.1, 0.15) is 25.3 Å². The molecule has 0 aliphatic carbocycles. The molecule has 2 atom stereocenters. The van der Waals surface area contributed by atoms with E-state index >= 15 is 0 Å². The first-order valence-corrected chi connectivity index (χ1v) is 9.08. The van der Waals surface area contributed by atoms with Crippen LogP contribution < -0.4 is 0 Å². The van der Waals surface area contributed by atoms with Crippen LogP contribution in [0.5, 0.6) is 0 Å². The fourth-order valence-electron chi connectivity index (χ4n) is 2.50. The Balaban J connectivity index is 1.90. The topological polar surface area (TPSA) is 43.4 Å². The summed E-state index contributed by atoms with van der Waals surface area (Å²) in [5.41, 5.74) is 1.16. The van der Waals surface area contributed by atoms with Gasteiger partial charge in [0.05, 0.1) is 17.1 Å². The second kappa shape index (κ2) is 6.37. The van der Waals surface area contributed by atoms with Crippen LogP contribution in [0.25, 0.3) is 0 Å². The van der Waals surface area contributed by atoms with Gasteiger partial charge >= 0.3 is 0 Å². The maximum absolute atomic E-state index is 12.2. The molecule has 3 nitrogen and oxygen atoms in total. The molecule has 0 aromatic heterocycles. The van der Waals surface area contributed by atoms with Gasteiger partial charge in [-0.2, -0.15) is 0 Å². The second-order valence-electron chi connectivity index (χ2n) is 4.96. The number of sulfone groups is 1. The van der Waals surface area contributed by atoms with Crippen LogP contribution in [0.2, 0.25) is 0 Å². The summed E-state index contributed by atoms with van der Waals surface area (Å²) in [5, 5.41) is -0.313. The van der Waals surface area contributed by atoms with Crippen molar-refractivity contribution < 1.29 is 13.2 Å². The Morgan fingerprint density at radius 3 is 2.74 bits per heavy atom. The molecule has 1 aromatic carbocycles. The van der Waals surface area contributed by atoms with E-state index in [1.54, 1.807) is 0 Å². The average Bonchev–Trinajstić information content (AvgIpc) is 2.79. The molecule has 0 unspecified atom stereocenters. The standard InChI is InChI=1S/C14H19BrO3S/c1-11-14(8-9-18-11)19(16,17)10-4-6-12-5-2-3-7-13(12)15/h2-3,5,7,11,14H,4,6,8-10H2,1H3/t11-,14+/m1/s1. The fraction of sp³-hybridized carbons (Fsp3) is 0.571. The van der Waals surface area contributed by atoms with Gasteiger partial charge in [0.1, 0.15) is 0 Å². The minimum Gasteiger partial charge on any atom is -0.377 e. The molecule has 1 fully saturated rings. The van der Waals surface area contributed by atoms with Crippen molar-refractivity contribution in [2.75, 3.05) is 12.4 Å². The third-order valence-corrected chi connectivity index (χ3v) is 6.77. The molecule has 1 aliphatic rings. The fourth-order valence-corrected chi connectivity index (χ4v) is 4.95. The SMILES string of the molecule is C[C@H]1OCC[C@@H]1S(=O)(=O)CCCc1ccccc1Br. The van der Waals surface area contributed by atoms with E-state index in [0.29, 0.717) is 19.4 Å². The van der Waals surface area contributed by atoms with E-state index in [-0.39, 0.29) is 17.1 Å². The number of ether oxygens (including phenoxy) is 1. The predicted molar refractivity (Wildman–Crippen MR) is 80.1 cm³/mol. The van der Waals surface area contributed by atoms with Gasteiger partial charge in [-0.15, -0.1) is 0 Å². The molecule has 1 heterocycles. The van der Waals surface area contributed by atoms with Crippen LogP contribution in [0.4, 0.5) is 0 Å². The smallest absolute Gasteiger partial charge is 0.155 e. The Labute approximate surface area is 123 Å². The van der Waals surface area contributed by atoms with Gasteiger partial charge in [0.2, 0.25) is 0 Å². The van der Waals surface area contributed by atoms with Crippen LogP contribution >= 0.6 is 15.9 Å². The van der Waals surface area contributed by atoms with Gasteiger partial charge in [0.25, 0.3) is 0 Å². The molecule has 0 N–H and O–H groups in total. The molecule has 0 saturated carbocycles. The lowest BCUT2D eigenvalue weighted by atomic mass is 10.1. The summed E-state index contributed by atoms with van der Waals surface area (Å²) < 4.78 is 30.8. The molecule has 0 bridgehead atoms. The molecule has 2 rings (SSSR count). The van der Waals surface area contributed by atoms with Crippen molar-refractivity contribution in [1.82, 2.24) is 0 Å². The van der Waals surface area contributed by atoms with E-state index in [1.165, 1.54) is 0 Å². The van der Waals surface area contributed by atoms with Crippen molar-refractivity contribution in [1.29, 1.82) is 0 Å². The first-order valence-electron chi connectivity index (χ1n) is 6.57. The third kappa shape index (κ3) is 3.80. The summed E-state index contributed by atoms with van der Waals surface area (Å²) in [6, 6.07) is 7.94. The summed E-state index contributed by atoms with van der Waals surface area (Å²) in [6.07, 6.45) is 1.92. The monoisotopic (exact) mass is 346 g/mol. The highest BCUT2D eigenvalue weighted by molar-refractivity contribution is 9.10. The number of benzene rings is 1. The zero-order chi connectivity index (χ0) is 13.9. The van der Waals surface area contributed by atoms with Gasteiger partial charge < -0.3 is 4.74 Å². The molecule has 19 heavy (non-hydrogen) atoms. The normalized spacial score (nSPS) is 23.7. The minimum atomic E-state index is -3.03. The lowest BCUT2D eigenvalue weighted by Gasteiger charge is -2.15. The summed E-state index contributed by atoms with van der Waals surface area (Å²) in [6.45, 7) is 2.41. The molecule has 1 aromatic rings. The second-order valence-corrected chi connectivity index (χ2v) is 8.16. The summed E-state index contributed by atoms with van der Waals surface area (Å²) in [4.78, 5) is 0. The molecule has 1 aliphatic heterocycles. The van der Waals surface area contributed by atoms with Gasteiger partial charge in [-0.3, -0.25) is 0 Å². The zero-order valence-corrected chi connectivity index (χ0v) is 13.4. The molecular weight excluding hydrogens is 328 g/mol. The average molecular weight is 347 g/mol. The first-order chi connectivity index (χ1) is 9.00. The Bertz CT molecular complexity index is 527. The highest BCUT2D eigenvalue weighted by Gasteiger charge is 2.35. The van der Waals surface area contributed by atoms with E-state index < -0.39 is 9.84 Å². The highest BCUT2D eigenvalue weighted by atomic mass is 79.9. The number of halogens is 1. The van der Waals surface area contributed by atoms with E-state index in [1.807, 2.05) is 31.2 Å². The Morgan fingerprint density at radius 1 is 1.37 bits per heavy atom. The quantitative estimate of drug-likeness (QED) is 0.823. The van der Waals surface area contributed by atoms with E-state index in [9.17, 15) is 8.42 Å². The van der Waals surface area contributed by atoms with Crippen molar-refractivity contribution >= 4 is 25.8 Å². The number of hydrogen-bond donors (Lipinski definition) is 0. The largest absolute Gasteiger partial charge is 0.377 e. The van der Waals surface area contributed by atoms with E-state index in [2.05, 4.69) is 15.9 Å². The Morgan fingerprint density at radius 2 is 2.11 bits per heavy atom. The molecule has 0 spiro atoms. The van der Waals surface area contributed by atoms with Crippen LogP contribution in [-0.2, 0) is 21.0 Å². The van der Waals surface area contributed by atoms with Crippen molar-refractivity contribution in [2.24, 2.45) is 0 Å². The van der Waals surface area contributed by atoms with Crippen molar-refractivity contribution in [3.8, 4) is 0 Å². The van der Waals surface area contributed by atoms with E-state index in [4.69, 9.17) is 4.74 Å². The van der Waals surface area contributed by atoms with Crippen molar-refractivity contribution in [2.45, 2.75) is 37.5 Å². The lowest BCUT2D eigenvalue weighted by Crippen LogP contribution is -2.30. The van der Waals surface area contributed by atoms with Crippen LogP contribution in [0, 0.1) is 0 Å². The lowest BCUT2D eigenvalue weighted by molar-refractivity contribution is 0.126. The van der Waals surface area contributed by atoms with Gasteiger partial charge in [-0.25, -0.2) is 8.42 Å². The predicted octanol–water partition coefficient (Wildman–Crippen LogP) is 2.97. The molecule has 0 amide bonds. The third-order valence-electron chi connectivity index (χ3n) is 3.60. The minimum absolute atomic E-state index is 0.159. The first kappa shape index (κ1) is 15.0. The number of rotatable bonds is 5. The highest BCUT2D eigenvalue weighted by Crippen LogP contribution is 2.23. The van der Waals surface area contributed by atoms with Crippen LogP contribution in [-0.4, -0.2) is 32.1 Å². The van der Waals surface area contributed by atoms with Gasteiger partial charge in [0.15, 0.2) is 9.84 Å². The van der Waals surface area contributed by atoms with Crippen LogP contribution in [0.3, 0.4) is 0 Å². The maximum atomic E-state index is 12.2. The molecule has 5 heteroatoms. The van der Waals surface area contributed by atoms with Crippen molar-refractivity contribution in [3.05, 3.63) is 34.3 Å². The molecule has 1 saturated heterocycles. The van der Waals surface area contributed by atoms with Crippen LogP contribution in [0.15, 0.2) is 28.7 Å². The zero-order valence-electron chi connectivity index (χ0n) is 11.0. The Hall–Kier alpha value is -0.390.